The number of hydrogen-bond acceptors (Lipinski definition) is 6. The van der Waals surface area contributed by atoms with E-state index in [0.717, 1.165) is 0 Å². The van der Waals surface area contributed by atoms with Crippen LogP contribution in [-0.2, 0) is 19.1 Å². The minimum Gasteiger partial charge on any atom is -0.480 e. The van der Waals surface area contributed by atoms with Gasteiger partial charge in [0.05, 0.1) is 0 Å². The number of carbonyl (C=O) groups excluding carboxylic acids is 3. The molecule has 0 unspecified atom stereocenters. The van der Waals surface area contributed by atoms with Crippen LogP contribution >= 0.6 is 0 Å². The van der Waals surface area contributed by atoms with Gasteiger partial charge in [0.25, 0.3) is 0 Å². The predicted molar refractivity (Wildman–Crippen MR) is 114 cm³/mol. The van der Waals surface area contributed by atoms with Crippen LogP contribution in [0, 0.1) is 0 Å². The van der Waals surface area contributed by atoms with Gasteiger partial charge in [0, 0.05) is 13.1 Å². The number of unbranched alkanes of at least 4 members (excludes halogenated alkanes) is 1. The van der Waals surface area contributed by atoms with Gasteiger partial charge in [-0.25, -0.2) is 14.4 Å². The van der Waals surface area contributed by atoms with Crippen molar-refractivity contribution in [3.05, 3.63) is 0 Å². The first-order valence-electron chi connectivity index (χ1n) is 10.7. The van der Waals surface area contributed by atoms with Crippen LogP contribution in [0.25, 0.3) is 0 Å². The van der Waals surface area contributed by atoms with E-state index in [-0.39, 0.29) is 6.42 Å². The number of carboxylic acid groups (broad SMARTS) is 1. The molecular weight excluding hydrogens is 406 g/mol. The largest absolute Gasteiger partial charge is 0.480 e. The van der Waals surface area contributed by atoms with E-state index in [2.05, 4.69) is 10.6 Å². The van der Waals surface area contributed by atoms with Gasteiger partial charge in [-0.3, -0.25) is 4.79 Å². The van der Waals surface area contributed by atoms with Crippen LogP contribution in [0.5, 0.6) is 0 Å². The maximum absolute atomic E-state index is 13.0. The standard InChI is InChI=1S/C21H37N3O7/c1-20(2,3)30-18(28)22-12-8-7-10-14(23-19(29)31-21(4,5)6)16(25)24-13-9-11-15(24)17(26)27/h14-15H,7-13H2,1-6H3,(H,22,28)(H,23,29)(H,26,27)/t14-,15+/m1/s1. The van der Waals surface area contributed by atoms with Crippen molar-refractivity contribution in [3.63, 3.8) is 0 Å². The van der Waals surface area contributed by atoms with E-state index >= 15 is 0 Å². The van der Waals surface area contributed by atoms with Gasteiger partial charge in [-0.1, -0.05) is 0 Å². The van der Waals surface area contributed by atoms with Crippen LogP contribution in [0.4, 0.5) is 9.59 Å². The van der Waals surface area contributed by atoms with Crippen molar-refractivity contribution in [1.82, 2.24) is 15.5 Å². The smallest absolute Gasteiger partial charge is 0.408 e. The number of carbonyl (C=O) groups is 4. The molecule has 178 valence electrons. The molecule has 0 aliphatic carbocycles. The molecule has 0 spiro atoms. The third-order valence-corrected chi connectivity index (χ3v) is 4.40. The highest BCUT2D eigenvalue weighted by molar-refractivity contribution is 5.89. The summed E-state index contributed by atoms with van der Waals surface area (Å²) in [6, 6.07) is -1.79. The first kappa shape index (κ1) is 26.5. The van der Waals surface area contributed by atoms with Crippen LogP contribution in [0.15, 0.2) is 0 Å². The van der Waals surface area contributed by atoms with Gasteiger partial charge in [-0.05, 0) is 73.6 Å². The summed E-state index contributed by atoms with van der Waals surface area (Å²) in [5, 5.41) is 14.6. The number of hydrogen-bond donors (Lipinski definition) is 3. The molecule has 0 aromatic rings. The molecule has 1 aliphatic heterocycles. The molecule has 10 nitrogen and oxygen atoms in total. The monoisotopic (exact) mass is 443 g/mol. The lowest BCUT2D eigenvalue weighted by Gasteiger charge is -2.28. The first-order valence-corrected chi connectivity index (χ1v) is 10.7. The number of nitrogens with zero attached hydrogens (tertiary/aromatic N) is 1. The summed E-state index contributed by atoms with van der Waals surface area (Å²) >= 11 is 0. The molecular formula is C21H37N3O7. The normalized spacial score (nSPS) is 17.6. The van der Waals surface area contributed by atoms with Gasteiger partial charge in [-0.2, -0.15) is 0 Å². The third-order valence-electron chi connectivity index (χ3n) is 4.40. The van der Waals surface area contributed by atoms with Gasteiger partial charge >= 0.3 is 18.2 Å². The maximum Gasteiger partial charge on any atom is 0.408 e. The summed E-state index contributed by atoms with van der Waals surface area (Å²) < 4.78 is 10.4. The molecule has 1 saturated heterocycles. The maximum atomic E-state index is 13.0. The minimum atomic E-state index is -1.05. The third kappa shape index (κ3) is 10.4. The molecule has 1 fully saturated rings. The molecule has 1 aliphatic rings. The van der Waals surface area contributed by atoms with E-state index in [1.165, 1.54) is 4.90 Å². The fraction of sp³-hybridized carbons (Fsp3) is 0.810. The zero-order valence-corrected chi connectivity index (χ0v) is 19.4. The Bertz CT molecular complexity index is 652. The number of ether oxygens (including phenoxy) is 2. The second-order valence-electron chi connectivity index (χ2n) is 9.65. The highest BCUT2D eigenvalue weighted by Gasteiger charge is 2.37. The Labute approximate surface area is 184 Å². The van der Waals surface area contributed by atoms with Crippen molar-refractivity contribution in [2.24, 2.45) is 0 Å². The fourth-order valence-electron chi connectivity index (χ4n) is 3.17. The van der Waals surface area contributed by atoms with Gasteiger partial charge in [-0.15, -0.1) is 0 Å². The zero-order valence-electron chi connectivity index (χ0n) is 19.4. The Hall–Kier alpha value is -2.52. The molecule has 0 saturated carbocycles. The summed E-state index contributed by atoms with van der Waals surface area (Å²) in [5.41, 5.74) is -1.32. The van der Waals surface area contributed by atoms with Crippen LogP contribution in [0.3, 0.4) is 0 Å². The minimum absolute atomic E-state index is 0.289. The molecule has 10 heteroatoms. The topological polar surface area (TPSA) is 134 Å². The van der Waals surface area contributed by atoms with Gasteiger partial charge in [0.15, 0.2) is 0 Å². The lowest BCUT2D eigenvalue weighted by molar-refractivity contribution is -0.149. The number of amides is 3. The highest BCUT2D eigenvalue weighted by Crippen LogP contribution is 2.20. The molecule has 0 bridgehead atoms. The number of rotatable bonds is 8. The first-order chi connectivity index (χ1) is 14.2. The molecule has 3 amide bonds. The molecule has 1 heterocycles. The number of carboxylic acids is 1. The van der Waals surface area contributed by atoms with Crippen LogP contribution < -0.4 is 10.6 Å². The number of alkyl carbamates (subject to hydrolysis) is 2. The SMILES string of the molecule is CC(C)(C)OC(=O)NCCCC[C@@H](NC(=O)OC(C)(C)C)C(=O)N1CCC[C@H]1C(=O)O. The quantitative estimate of drug-likeness (QED) is 0.491. The van der Waals surface area contributed by atoms with Gasteiger partial charge in [0.2, 0.25) is 5.91 Å². The van der Waals surface area contributed by atoms with Crippen molar-refractivity contribution >= 4 is 24.1 Å². The fourth-order valence-corrected chi connectivity index (χ4v) is 3.17. The average molecular weight is 444 g/mol. The van der Waals surface area contributed by atoms with Crippen molar-refractivity contribution in [2.45, 2.75) is 96.9 Å². The van der Waals surface area contributed by atoms with E-state index in [9.17, 15) is 24.3 Å². The lowest BCUT2D eigenvalue weighted by Crippen LogP contribution is -2.52. The molecule has 3 N–H and O–H groups in total. The van der Waals surface area contributed by atoms with E-state index < -0.39 is 47.3 Å². The Morgan fingerprint density at radius 1 is 1.00 bits per heavy atom. The Kier molecular flexibility index (Phi) is 9.58. The van der Waals surface area contributed by atoms with E-state index in [1.807, 2.05) is 0 Å². The predicted octanol–water partition coefficient (Wildman–Crippen LogP) is 2.65. The Morgan fingerprint density at radius 2 is 1.58 bits per heavy atom. The molecule has 1 rings (SSSR count). The van der Waals surface area contributed by atoms with Crippen molar-refractivity contribution in [3.8, 4) is 0 Å². The Balaban J connectivity index is 2.66. The number of nitrogens with one attached hydrogen (secondary N) is 2. The van der Waals surface area contributed by atoms with Gasteiger partial charge < -0.3 is 30.1 Å². The molecule has 2 atom stereocenters. The van der Waals surface area contributed by atoms with E-state index in [0.29, 0.717) is 38.8 Å². The van der Waals surface area contributed by atoms with E-state index in [1.54, 1.807) is 41.5 Å². The number of likely N-dealkylation sites (tertiary alicyclic amines) is 1. The summed E-state index contributed by atoms with van der Waals surface area (Å²) in [7, 11) is 0. The zero-order chi connectivity index (χ0) is 23.8. The van der Waals surface area contributed by atoms with Crippen LogP contribution in [0.1, 0.15) is 73.6 Å². The summed E-state index contributed by atoms with van der Waals surface area (Å²) in [6.07, 6.45) is 1.10. The molecule has 0 aromatic carbocycles. The summed E-state index contributed by atoms with van der Waals surface area (Å²) in [4.78, 5) is 49.7. The van der Waals surface area contributed by atoms with Crippen molar-refractivity contribution in [1.29, 1.82) is 0 Å². The van der Waals surface area contributed by atoms with Crippen LogP contribution in [-0.4, -0.2) is 70.4 Å². The lowest BCUT2D eigenvalue weighted by atomic mass is 10.1. The van der Waals surface area contributed by atoms with Crippen molar-refractivity contribution in [2.75, 3.05) is 13.1 Å². The number of aliphatic carboxylic acids is 1. The van der Waals surface area contributed by atoms with Gasteiger partial charge in [0.1, 0.15) is 23.3 Å². The second-order valence-corrected chi connectivity index (χ2v) is 9.65. The Morgan fingerprint density at radius 3 is 2.13 bits per heavy atom. The molecule has 0 radical (unpaired) electrons. The second kappa shape index (κ2) is 11.2. The van der Waals surface area contributed by atoms with Crippen LogP contribution in [0.2, 0.25) is 0 Å². The summed E-state index contributed by atoms with van der Waals surface area (Å²) in [6.45, 7) is 11.1. The molecule has 0 aromatic heterocycles. The average Bonchev–Trinajstić information content (AvgIpc) is 3.06. The highest BCUT2D eigenvalue weighted by atomic mass is 16.6. The van der Waals surface area contributed by atoms with Crippen molar-refractivity contribution < 1.29 is 33.8 Å². The molecule has 31 heavy (non-hydrogen) atoms. The van der Waals surface area contributed by atoms with E-state index in [4.69, 9.17) is 9.47 Å². The summed E-state index contributed by atoms with van der Waals surface area (Å²) in [5.74, 6) is -1.49.